The number of likely N-dealkylation sites (tertiary alicyclic amines) is 1. The zero-order valence-electron chi connectivity index (χ0n) is 12.5. The van der Waals surface area contributed by atoms with E-state index in [1.165, 1.54) is 51.9 Å². The van der Waals surface area contributed by atoms with Gasteiger partial charge in [0.15, 0.2) is 0 Å². The van der Waals surface area contributed by atoms with Gasteiger partial charge in [0, 0.05) is 31.1 Å². The molecule has 0 aromatic heterocycles. The van der Waals surface area contributed by atoms with E-state index in [1.54, 1.807) is 0 Å². The highest BCUT2D eigenvalue weighted by Crippen LogP contribution is 2.34. The van der Waals surface area contributed by atoms with E-state index in [1.807, 2.05) is 0 Å². The van der Waals surface area contributed by atoms with E-state index in [-0.39, 0.29) is 0 Å². The number of nitrogens with zero attached hydrogens (tertiary/aromatic N) is 2. The molecular formula is C15H29BrN2O. The number of halogens is 1. The van der Waals surface area contributed by atoms with Gasteiger partial charge in [-0.3, -0.25) is 0 Å². The Morgan fingerprint density at radius 3 is 2.42 bits per heavy atom. The van der Waals surface area contributed by atoms with Crippen LogP contribution in [0.2, 0.25) is 0 Å². The van der Waals surface area contributed by atoms with Gasteiger partial charge in [0.2, 0.25) is 0 Å². The predicted molar refractivity (Wildman–Crippen MR) is 84.0 cm³/mol. The lowest BCUT2D eigenvalue weighted by Crippen LogP contribution is -2.48. The van der Waals surface area contributed by atoms with Crippen LogP contribution in [0.1, 0.15) is 32.6 Å². The lowest BCUT2D eigenvalue weighted by molar-refractivity contribution is 0.000349. The summed E-state index contributed by atoms with van der Waals surface area (Å²) in [6.07, 6.45) is 5.07. The van der Waals surface area contributed by atoms with Gasteiger partial charge >= 0.3 is 0 Å². The fourth-order valence-electron chi connectivity index (χ4n) is 3.47. The maximum Gasteiger partial charge on any atom is 0.0472 e. The van der Waals surface area contributed by atoms with Crippen molar-refractivity contribution in [3.8, 4) is 0 Å². The van der Waals surface area contributed by atoms with Crippen LogP contribution in [-0.4, -0.2) is 67.6 Å². The van der Waals surface area contributed by atoms with Gasteiger partial charge in [-0.15, -0.1) is 0 Å². The zero-order chi connectivity index (χ0) is 13.7. The Morgan fingerprint density at radius 1 is 1.26 bits per heavy atom. The van der Waals surface area contributed by atoms with Crippen LogP contribution in [0.4, 0.5) is 0 Å². The standard InChI is InChI=1S/C15H29BrN2O/c1-3-18-8-4-14(5-9-18)17(2)13-15(12-16)6-10-19-11-7-15/h14H,3-13H2,1-2H3. The Bertz CT molecular complexity index is 261. The molecule has 2 fully saturated rings. The molecule has 0 unspecified atom stereocenters. The van der Waals surface area contributed by atoms with E-state index in [9.17, 15) is 0 Å². The van der Waals surface area contributed by atoms with Gasteiger partial charge < -0.3 is 14.5 Å². The van der Waals surface area contributed by atoms with Crippen LogP contribution in [0, 0.1) is 5.41 Å². The van der Waals surface area contributed by atoms with E-state index in [0.717, 1.165) is 24.6 Å². The van der Waals surface area contributed by atoms with Crippen molar-refractivity contribution in [3.05, 3.63) is 0 Å². The third kappa shape index (κ3) is 4.16. The second-order valence-corrected chi connectivity index (χ2v) is 6.89. The SMILES string of the molecule is CCN1CCC(N(C)CC2(CBr)CCOCC2)CC1. The van der Waals surface area contributed by atoms with Crippen molar-refractivity contribution in [2.24, 2.45) is 5.41 Å². The molecule has 0 aromatic rings. The van der Waals surface area contributed by atoms with Crippen LogP contribution in [0.25, 0.3) is 0 Å². The van der Waals surface area contributed by atoms with E-state index in [0.29, 0.717) is 5.41 Å². The van der Waals surface area contributed by atoms with Crippen molar-refractivity contribution in [2.75, 3.05) is 51.8 Å². The molecule has 0 saturated carbocycles. The van der Waals surface area contributed by atoms with Crippen LogP contribution in [0.15, 0.2) is 0 Å². The Hall–Kier alpha value is 0.360. The van der Waals surface area contributed by atoms with Gasteiger partial charge in [-0.1, -0.05) is 22.9 Å². The predicted octanol–water partition coefficient (Wildman–Crippen LogP) is 2.59. The van der Waals surface area contributed by atoms with Gasteiger partial charge in [-0.25, -0.2) is 0 Å². The number of hydrogen-bond acceptors (Lipinski definition) is 3. The summed E-state index contributed by atoms with van der Waals surface area (Å²) in [6, 6.07) is 0.779. The molecule has 2 aliphatic rings. The summed E-state index contributed by atoms with van der Waals surface area (Å²) in [5.74, 6) is 0. The molecule has 112 valence electrons. The fourth-order valence-corrected chi connectivity index (χ4v) is 4.21. The summed E-state index contributed by atoms with van der Waals surface area (Å²) in [5, 5.41) is 1.11. The highest BCUT2D eigenvalue weighted by molar-refractivity contribution is 9.09. The van der Waals surface area contributed by atoms with E-state index < -0.39 is 0 Å². The van der Waals surface area contributed by atoms with Crippen molar-refractivity contribution in [2.45, 2.75) is 38.6 Å². The Kier molecular flexibility index (Phi) is 6.12. The maximum atomic E-state index is 5.54. The Morgan fingerprint density at radius 2 is 1.89 bits per heavy atom. The van der Waals surface area contributed by atoms with Crippen molar-refractivity contribution >= 4 is 15.9 Å². The van der Waals surface area contributed by atoms with Crippen molar-refractivity contribution in [3.63, 3.8) is 0 Å². The minimum absolute atomic E-state index is 0.439. The molecule has 0 aliphatic carbocycles. The second kappa shape index (κ2) is 7.39. The van der Waals surface area contributed by atoms with Gasteiger partial charge in [-0.2, -0.15) is 0 Å². The number of piperidine rings is 1. The molecule has 0 aromatic carbocycles. The molecule has 0 atom stereocenters. The molecule has 0 spiro atoms. The Balaban J connectivity index is 1.84. The topological polar surface area (TPSA) is 15.7 Å². The van der Waals surface area contributed by atoms with Crippen LogP contribution >= 0.6 is 15.9 Å². The number of ether oxygens (including phenoxy) is 1. The molecule has 0 bridgehead atoms. The molecule has 0 radical (unpaired) electrons. The second-order valence-electron chi connectivity index (χ2n) is 6.33. The summed E-state index contributed by atoms with van der Waals surface area (Å²) in [4.78, 5) is 5.19. The van der Waals surface area contributed by atoms with Crippen molar-refractivity contribution < 1.29 is 4.74 Å². The first-order chi connectivity index (χ1) is 9.19. The normalized spacial score (nSPS) is 25.9. The minimum atomic E-state index is 0.439. The summed E-state index contributed by atoms with van der Waals surface area (Å²) < 4.78 is 5.54. The molecule has 2 heterocycles. The van der Waals surface area contributed by atoms with E-state index in [4.69, 9.17) is 4.74 Å². The lowest BCUT2D eigenvalue weighted by Gasteiger charge is -2.43. The number of hydrogen-bond donors (Lipinski definition) is 0. The molecule has 3 nitrogen and oxygen atoms in total. The van der Waals surface area contributed by atoms with E-state index in [2.05, 4.69) is 39.7 Å². The highest BCUT2D eigenvalue weighted by Gasteiger charge is 2.34. The maximum absolute atomic E-state index is 5.54. The van der Waals surface area contributed by atoms with Crippen LogP contribution in [0.3, 0.4) is 0 Å². The van der Waals surface area contributed by atoms with Gasteiger partial charge in [0.25, 0.3) is 0 Å². The fraction of sp³-hybridized carbons (Fsp3) is 1.00. The van der Waals surface area contributed by atoms with Crippen molar-refractivity contribution in [1.29, 1.82) is 0 Å². The minimum Gasteiger partial charge on any atom is -0.381 e. The molecule has 0 amide bonds. The highest BCUT2D eigenvalue weighted by atomic mass is 79.9. The van der Waals surface area contributed by atoms with Crippen LogP contribution < -0.4 is 0 Å². The molecule has 2 rings (SSSR count). The number of alkyl halides is 1. The largest absolute Gasteiger partial charge is 0.381 e. The molecular weight excluding hydrogens is 304 g/mol. The zero-order valence-corrected chi connectivity index (χ0v) is 14.1. The smallest absolute Gasteiger partial charge is 0.0472 e. The summed E-state index contributed by atoms with van der Waals surface area (Å²) >= 11 is 3.75. The van der Waals surface area contributed by atoms with Crippen LogP contribution in [0.5, 0.6) is 0 Å². The molecule has 0 N–H and O–H groups in total. The third-order valence-electron chi connectivity index (χ3n) is 5.05. The first-order valence-electron chi connectivity index (χ1n) is 7.75. The van der Waals surface area contributed by atoms with Crippen molar-refractivity contribution in [1.82, 2.24) is 9.80 Å². The summed E-state index contributed by atoms with van der Waals surface area (Å²) in [5.41, 5.74) is 0.439. The first kappa shape index (κ1) is 15.7. The van der Waals surface area contributed by atoms with Gasteiger partial charge in [0.1, 0.15) is 0 Å². The van der Waals surface area contributed by atoms with E-state index >= 15 is 0 Å². The third-order valence-corrected chi connectivity index (χ3v) is 6.24. The number of rotatable bonds is 5. The molecule has 2 aliphatic heterocycles. The summed E-state index contributed by atoms with van der Waals surface area (Å²) in [7, 11) is 2.33. The molecule has 2 saturated heterocycles. The first-order valence-corrected chi connectivity index (χ1v) is 8.87. The van der Waals surface area contributed by atoms with Gasteiger partial charge in [-0.05, 0) is 57.8 Å². The Labute approximate surface area is 126 Å². The molecule has 4 heteroatoms. The average molecular weight is 333 g/mol. The summed E-state index contributed by atoms with van der Waals surface area (Å²) in [6.45, 7) is 9.12. The quantitative estimate of drug-likeness (QED) is 0.720. The monoisotopic (exact) mass is 332 g/mol. The molecule has 19 heavy (non-hydrogen) atoms. The average Bonchev–Trinajstić information content (AvgIpc) is 2.48. The van der Waals surface area contributed by atoms with Gasteiger partial charge in [0.05, 0.1) is 0 Å². The van der Waals surface area contributed by atoms with Crippen LogP contribution in [-0.2, 0) is 4.74 Å². The lowest BCUT2D eigenvalue weighted by atomic mass is 9.81.